The molecule has 1 aliphatic carbocycles. The first kappa shape index (κ1) is 17.0. The molecule has 2 nitrogen and oxygen atoms in total. The van der Waals surface area contributed by atoms with Crippen molar-refractivity contribution >= 4 is 0 Å². The van der Waals surface area contributed by atoms with Crippen molar-refractivity contribution in [3.8, 4) is 5.75 Å². The van der Waals surface area contributed by atoms with E-state index in [0.717, 1.165) is 31.8 Å². The first-order chi connectivity index (χ1) is 11.7. The molecule has 0 aromatic heterocycles. The second kappa shape index (κ2) is 8.34. The highest BCUT2D eigenvalue weighted by Gasteiger charge is 2.22. The Kier molecular flexibility index (Phi) is 5.92. The Hall–Kier alpha value is -1.80. The average Bonchev–Trinajstić information content (AvgIpc) is 2.62. The molecule has 0 unspecified atom stereocenters. The summed E-state index contributed by atoms with van der Waals surface area (Å²) in [6.07, 6.45) is 5.10. The minimum Gasteiger partial charge on any atom is -0.493 e. The van der Waals surface area contributed by atoms with Crippen LogP contribution in [0.25, 0.3) is 0 Å². The molecule has 1 aliphatic rings. The van der Waals surface area contributed by atoms with Gasteiger partial charge in [0, 0.05) is 0 Å². The van der Waals surface area contributed by atoms with Gasteiger partial charge in [-0.1, -0.05) is 47.5 Å². The number of ether oxygens (including phenoxy) is 2. The predicted molar refractivity (Wildman–Crippen MR) is 98.4 cm³/mol. The van der Waals surface area contributed by atoms with Gasteiger partial charge in [-0.25, -0.2) is 0 Å². The van der Waals surface area contributed by atoms with Gasteiger partial charge in [0.15, 0.2) is 0 Å². The Morgan fingerprint density at radius 3 is 2.00 bits per heavy atom. The summed E-state index contributed by atoms with van der Waals surface area (Å²) in [4.78, 5) is 0. The van der Waals surface area contributed by atoms with Crippen molar-refractivity contribution in [2.24, 2.45) is 5.92 Å². The van der Waals surface area contributed by atoms with Crippen LogP contribution >= 0.6 is 0 Å². The third-order valence-corrected chi connectivity index (χ3v) is 4.91. The second-order valence-electron chi connectivity index (χ2n) is 7.06. The summed E-state index contributed by atoms with van der Waals surface area (Å²) in [5.74, 6) is 1.64. The van der Waals surface area contributed by atoms with Gasteiger partial charge >= 0.3 is 0 Å². The van der Waals surface area contributed by atoms with E-state index in [1.165, 1.54) is 29.5 Å². The smallest absolute Gasteiger partial charge is 0.119 e. The molecule has 3 rings (SSSR count). The van der Waals surface area contributed by atoms with Gasteiger partial charge in [0.05, 0.1) is 19.3 Å². The molecule has 0 amide bonds. The topological polar surface area (TPSA) is 18.5 Å². The lowest BCUT2D eigenvalue weighted by Crippen LogP contribution is -2.25. The van der Waals surface area contributed by atoms with E-state index in [4.69, 9.17) is 9.47 Å². The van der Waals surface area contributed by atoms with Crippen LogP contribution in [0.2, 0.25) is 0 Å². The normalized spacial score (nSPS) is 20.8. The van der Waals surface area contributed by atoms with Gasteiger partial charge in [-0.3, -0.25) is 0 Å². The van der Waals surface area contributed by atoms with Crippen LogP contribution in [-0.4, -0.2) is 12.7 Å². The fraction of sp³-hybridized carbons (Fsp3) is 0.455. The molecule has 1 fully saturated rings. The van der Waals surface area contributed by atoms with E-state index in [1.807, 2.05) is 0 Å². The van der Waals surface area contributed by atoms with Crippen molar-refractivity contribution in [1.29, 1.82) is 0 Å². The molecule has 0 saturated heterocycles. The maximum absolute atomic E-state index is 6.09. The van der Waals surface area contributed by atoms with Crippen LogP contribution in [0.3, 0.4) is 0 Å². The maximum Gasteiger partial charge on any atom is 0.119 e. The Balaban J connectivity index is 1.36. The largest absolute Gasteiger partial charge is 0.493 e. The Bertz CT molecular complexity index is 550. The molecule has 1 saturated carbocycles. The maximum atomic E-state index is 6.09. The van der Waals surface area contributed by atoms with Crippen LogP contribution in [-0.2, 0) is 11.3 Å². The molecule has 0 heterocycles. The number of benzene rings is 2. The van der Waals surface area contributed by atoms with Crippen molar-refractivity contribution in [3.05, 3.63) is 65.2 Å². The van der Waals surface area contributed by atoms with Gasteiger partial charge in [0.1, 0.15) is 5.75 Å². The van der Waals surface area contributed by atoms with Crippen LogP contribution in [0.1, 0.15) is 42.4 Å². The second-order valence-corrected chi connectivity index (χ2v) is 7.06. The fourth-order valence-electron chi connectivity index (χ4n) is 3.21. The monoisotopic (exact) mass is 324 g/mol. The summed E-state index contributed by atoms with van der Waals surface area (Å²) in [5.41, 5.74) is 3.84. The molecule has 2 aromatic rings. The minimum absolute atomic E-state index is 0.405. The molecular weight excluding hydrogens is 296 g/mol. The highest BCUT2D eigenvalue weighted by Crippen LogP contribution is 2.27. The third kappa shape index (κ3) is 5.10. The van der Waals surface area contributed by atoms with Crippen LogP contribution in [0.4, 0.5) is 0 Å². The van der Waals surface area contributed by atoms with Gasteiger partial charge in [0.25, 0.3) is 0 Å². The van der Waals surface area contributed by atoms with Gasteiger partial charge in [-0.05, 0) is 63.1 Å². The molecule has 2 heteroatoms. The summed E-state index contributed by atoms with van der Waals surface area (Å²) in [6.45, 7) is 5.77. The highest BCUT2D eigenvalue weighted by atomic mass is 16.5. The Morgan fingerprint density at radius 2 is 1.38 bits per heavy atom. The third-order valence-electron chi connectivity index (χ3n) is 4.91. The van der Waals surface area contributed by atoms with Crippen LogP contribution in [0.5, 0.6) is 5.75 Å². The highest BCUT2D eigenvalue weighted by molar-refractivity contribution is 5.26. The van der Waals surface area contributed by atoms with Crippen molar-refractivity contribution in [2.45, 2.75) is 52.2 Å². The zero-order valence-electron chi connectivity index (χ0n) is 14.8. The quantitative estimate of drug-likeness (QED) is 0.702. The summed E-state index contributed by atoms with van der Waals surface area (Å²) in [7, 11) is 0. The number of rotatable bonds is 6. The van der Waals surface area contributed by atoms with E-state index in [1.54, 1.807) is 0 Å². The minimum atomic E-state index is 0.405. The molecule has 0 N–H and O–H groups in total. The standard InChI is InChI=1S/C22H28O2/c1-17-3-7-19(8-4-17)15-24-22-13-9-20(10-14-22)16-23-21-11-5-18(2)6-12-21/h3-8,11-12,20,22H,9-10,13-16H2,1-2H3. The van der Waals surface area contributed by atoms with E-state index in [-0.39, 0.29) is 0 Å². The molecule has 0 spiro atoms. The predicted octanol–water partition coefficient (Wildman–Crippen LogP) is 5.46. The van der Waals surface area contributed by atoms with Gasteiger partial charge in [-0.15, -0.1) is 0 Å². The molecular formula is C22H28O2. The van der Waals surface area contributed by atoms with Crippen LogP contribution in [0, 0.1) is 19.8 Å². The lowest BCUT2D eigenvalue weighted by Gasteiger charge is -2.28. The van der Waals surface area contributed by atoms with Crippen molar-refractivity contribution < 1.29 is 9.47 Å². The van der Waals surface area contributed by atoms with Crippen molar-refractivity contribution in [3.63, 3.8) is 0 Å². The molecule has 128 valence electrons. The molecule has 0 radical (unpaired) electrons. The molecule has 0 aliphatic heterocycles. The Labute approximate surface area is 145 Å². The zero-order chi connectivity index (χ0) is 16.8. The Morgan fingerprint density at radius 1 is 0.792 bits per heavy atom. The summed E-state index contributed by atoms with van der Waals surface area (Å²) in [6, 6.07) is 17.0. The fourth-order valence-corrected chi connectivity index (χ4v) is 3.21. The number of hydrogen-bond acceptors (Lipinski definition) is 2. The summed E-state index contributed by atoms with van der Waals surface area (Å²) < 4.78 is 12.0. The van der Waals surface area contributed by atoms with Crippen LogP contribution in [0.15, 0.2) is 48.5 Å². The first-order valence-corrected chi connectivity index (χ1v) is 9.05. The van der Waals surface area contributed by atoms with E-state index in [9.17, 15) is 0 Å². The van der Waals surface area contributed by atoms with E-state index in [2.05, 4.69) is 62.4 Å². The van der Waals surface area contributed by atoms with Gasteiger partial charge in [0.2, 0.25) is 0 Å². The van der Waals surface area contributed by atoms with Gasteiger partial charge < -0.3 is 9.47 Å². The van der Waals surface area contributed by atoms with Crippen molar-refractivity contribution in [1.82, 2.24) is 0 Å². The van der Waals surface area contributed by atoms with E-state index in [0.29, 0.717) is 12.0 Å². The zero-order valence-corrected chi connectivity index (χ0v) is 14.8. The lowest BCUT2D eigenvalue weighted by atomic mass is 9.88. The number of aryl methyl sites for hydroxylation is 2. The molecule has 0 bridgehead atoms. The summed E-state index contributed by atoms with van der Waals surface area (Å²) >= 11 is 0. The molecule has 2 aromatic carbocycles. The summed E-state index contributed by atoms with van der Waals surface area (Å²) in [5, 5.41) is 0. The lowest BCUT2D eigenvalue weighted by molar-refractivity contribution is 0.00249. The van der Waals surface area contributed by atoms with Crippen LogP contribution < -0.4 is 4.74 Å². The first-order valence-electron chi connectivity index (χ1n) is 9.05. The van der Waals surface area contributed by atoms with E-state index < -0.39 is 0 Å². The molecule has 24 heavy (non-hydrogen) atoms. The average molecular weight is 324 g/mol. The van der Waals surface area contributed by atoms with Crippen molar-refractivity contribution in [2.75, 3.05) is 6.61 Å². The number of hydrogen-bond donors (Lipinski definition) is 0. The van der Waals surface area contributed by atoms with E-state index >= 15 is 0 Å². The molecule has 0 atom stereocenters. The van der Waals surface area contributed by atoms with Gasteiger partial charge in [-0.2, -0.15) is 0 Å². The SMILES string of the molecule is Cc1ccc(COC2CCC(COc3ccc(C)cc3)CC2)cc1.